The molecule has 2 rings (SSSR count). The lowest BCUT2D eigenvalue weighted by Crippen LogP contribution is -2.39. The lowest BCUT2D eigenvalue weighted by Gasteiger charge is -2.22. The van der Waals surface area contributed by atoms with Gasteiger partial charge in [0.25, 0.3) is 5.91 Å². The first kappa shape index (κ1) is 20.7. The van der Waals surface area contributed by atoms with E-state index in [-0.39, 0.29) is 18.9 Å². The molecule has 2 aromatic rings. The molecule has 1 aromatic carbocycles. The van der Waals surface area contributed by atoms with E-state index in [0.29, 0.717) is 30.1 Å². The first-order chi connectivity index (χ1) is 12.8. The van der Waals surface area contributed by atoms with Crippen LogP contribution in [0.1, 0.15) is 36.1 Å². The highest BCUT2D eigenvalue weighted by Gasteiger charge is 2.34. The zero-order valence-corrected chi connectivity index (χ0v) is 15.2. The van der Waals surface area contributed by atoms with E-state index in [2.05, 4.69) is 0 Å². The molecule has 0 spiro atoms. The van der Waals surface area contributed by atoms with Gasteiger partial charge in [0.2, 0.25) is 0 Å². The molecule has 0 saturated heterocycles. The van der Waals surface area contributed by atoms with E-state index in [9.17, 15) is 18.0 Å². The minimum atomic E-state index is -4.47. The Kier molecular flexibility index (Phi) is 7.15. The van der Waals surface area contributed by atoms with Gasteiger partial charge in [-0.25, -0.2) is 0 Å². The molecule has 27 heavy (non-hydrogen) atoms. The van der Waals surface area contributed by atoms with Crippen molar-refractivity contribution in [2.75, 3.05) is 20.2 Å². The number of methoxy groups -OCH3 is 1. The monoisotopic (exact) mass is 385 g/mol. The molecule has 148 valence electrons. The number of nitrogens with zero attached hydrogens (tertiary/aromatic N) is 1. The number of amides is 1. The molecule has 1 aromatic heterocycles. The van der Waals surface area contributed by atoms with E-state index >= 15 is 0 Å². The Bertz CT molecular complexity index is 743. The fraction of sp³-hybridized carbons (Fsp3) is 0.421. The van der Waals surface area contributed by atoms with Gasteiger partial charge in [-0.3, -0.25) is 4.79 Å². The number of hydrogen-bond donors (Lipinski definition) is 0. The number of hydrogen-bond acceptors (Lipinski definition) is 4. The number of benzene rings is 1. The summed E-state index contributed by atoms with van der Waals surface area (Å²) in [7, 11) is 1.51. The highest BCUT2D eigenvalue weighted by molar-refractivity contribution is 5.91. The first-order valence-corrected chi connectivity index (χ1v) is 8.54. The standard InChI is InChI=1S/C19H22F3NO4/c1-3-4-11-23(13-19(20,21)22)18(24)17-10-9-14(27-17)12-26-16-8-6-5-7-15(16)25-2/h5-10H,3-4,11-13H2,1-2H3. The highest BCUT2D eigenvalue weighted by atomic mass is 19.4. The fourth-order valence-electron chi connectivity index (χ4n) is 2.43. The van der Waals surface area contributed by atoms with Crippen LogP contribution in [0.15, 0.2) is 40.8 Å². The van der Waals surface area contributed by atoms with Crippen LogP contribution in [-0.4, -0.2) is 37.2 Å². The molecule has 0 atom stereocenters. The van der Waals surface area contributed by atoms with Crippen molar-refractivity contribution in [3.8, 4) is 11.5 Å². The lowest BCUT2D eigenvalue weighted by molar-refractivity contribution is -0.141. The van der Waals surface area contributed by atoms with Gasteiger partial charge in [-0.1, -0.05) is 25.5 Å². The van der Waals surface area contributed by atoms with Gasteiger partial charge in [-0.15, -0.1) is 0 Å². The van der Waals surface area contributed by atoms with Gasteiger partial charge in [-0.05, 0) is 30.7 Å². The molecule has 0 aliphatic rings. The second-order valence-corrected chi connectivity index (χ2v) is 5.90. The van der Waals surface area contributed by atoms with Gasteiger partial charge in [-0.2, -0.15) is 13.2 Å². The number of furan rings is 1. The predicted molar refractivity (Wildman–Crippen MR) is 92.9 cm³/mol. The number of unbranched alkanes of at least 4 members (excludes halogenated alkanes) is 1. The molecule has 8 heteroatoms. The van der Waals surface area contributed by atoms with E-state index in [1.807, 2.05) is 6.92 Å². The van der Waals surface area contributed by atoms with Crippen LogP contribution in [0.5, 0.6) is 11.5 Å². The molecular weight excluding hydrogens is 363 g/mol. The van der Waals surface area contributed by atoms with Gasteiger partial charge in [0, 0.05) is 6.54 Å². The Morgan fingerprint density at radius 3 is 2.48 bits per heavy atom. The molecule has 1 amide bonds. The summed E-state index contributed by atoms with van der Waals surface area (Å²) in [6.45, 7) is 0.570. The first-order valence-electron chi connectivity index (χ1n) is 8.54. The number of alkyl halides is 3. The van der Waals surface area contributed by atoms with Gasteiger partial charge in [0.1, 0.15) is 18.9 Å². The second-order valence-electron chi connectivity index (χ2n) is 5.90. The van der Waals surface area contributed by atoms with Crippen LogP contribution >= 0.6 is 0 Å². The van der Waals surface area contributed by atoms with Crippen molar-refractivity contribution in [1.29, 1.82) is 0 Å². The Morgan fingerprint density at radius 2 is 1.85 bits per heavy atom. The molecule has 0 fully saturated rings. The van der Waals surface area contributed by atoms with E-state index in [1.54, 1.807) is 24.3 Å². The van der Waals surface area contributed by atoms with Crippen molar-refractivity contribution >= 4 is 5.91 Å². The fourth-order valence-corrected chi connectivity index (χ4v) is 2.43. The number of rotatable bonds is 9. The minimum Gasteiger partial charge on any atom is -0.493 e. The third kappa shape index (κ3) is 6.23. The van der Waals surface area contributed by atoms with Crippen LogP contribution in [0.2, 0.25) is 0 Å². The Labute approximate surface area is 155 Å². The van der Waals surface area contributed by atoms with Crippen LogP contribution in [0.4, 0.5) is 13.2 Å². The maximum Gasteiger partial charge on any atom is 0.406 e. The van der Waals surface area contributed by atoms with Crippen LogP contribution in [0, 0.1) is 0 Å². The number of ether oxygens (including phenoxy) is 2. The molecular formula is C19H22F3NO4. The van der Waals surface area contributed by atoms with Gasteiger partial charge < -0.3 is 18.8 Å². The van der Waals surface area contributed by atoms with E-state index in [1.165, 1.54) is 19.2 Å². The summed E-state index contributed by atoms with van der Waals surface area (Å²) in [4.78, 5) is 13.1. The zero-order chi connectivity index (χ0) is 19.9. The Hall–Kier alpha value is -2.64. The van der Waals surface area contributed by atoms with Gasteiger partial charge in [0.15, 0.2) is 17.3 Å². The minimum absolute atomic E-state index is 0.0158. The summed E-state index contributed by atoms with van der Waals surface area (Å²) in [6, 6.07) is 9.88. The van der Waals surface area contributed by atoms with Crippen LogP contribution in [-0.2, 0) is 6.61 Å². The maximum atomic E-state index is 12.7. The molecule has 0 unspecified atom stereocenters. The zero-order valence-electron chi connectivity index (χ0n) is 15.2. The van der Waals surface area contributed by atoms with Crippen molar-refractivity contribution in [3.05, 3.63) is 47.9 Å². The number of para-hydroxylation sites is 2. The normalized spacial score (nSPS) is 11.3. The van der Waals surface area contributed by atoms with Gasteiger partial charge in [0.05, 0.1) is 7.11 Å². The van der Waals surface area contributed by atoms with Crippen LogP contribution in [0.3, 0.4) is 0 Å². The van der Waals surface area contributed by atoms with E-state index in [4.69, 9.17) is 13.9 Å². The van der Waals surface area contributed by atoms with Crippen LogP contribution < -0.4 is 9.47 Å². The number of halogens is 3. The molecule has 1 heterocycles. The molecule has 0 aliphatic heterocycles. The summed E-state index contributed by atoms with van der Waals surface area (Å²) < 4.78 is 54.4. The number of carbonyl (C=O) groups is 1. The van der Waals surface area contributed by atoms with E-state index in [0.717, 1.165) is 4.90 Å². The van der Waals surface area contributed by atoms with Crippen molar-refractivity contribution in [2.24, 2.45) is 0 Å². The van der Waals surface area contributed by atoms with Crippen molar-refractivity contribution in [1.82, 2.24) is 4.90 Å². The van der Waals surface area contributed by atoms with Crippen LogP contribution in [0.25, 0.3) is 0 Å². The molecule has 0 bridgehead atoms. The highest BCUT2D eigenvalue weighted by Crippen LogP contribution is 2.27. The molecule has 0 saturated carbocycles. The topological polar surface area (TPSA) is 51.9 Å². The predicted octanol–water partition coefficient (Wildman–Crippen LogP) is 4.67. The van der Waals surface area contributed by atoms with Gasteiger partial charge >= 0.3 is 6.18 Å². The summed E-state index contributed by atoms with van der Waals surface area (Å²) in [5, 5.41) is 0. The summed E-state index contributed by atoms with van der Waals surface area (Å²) in [5.74, 6) is 0.423. The summed E-state index contributed by atoms with van der Waals surface area (Å²) in [6.07, 6.45) is -3.31. The maximum absolute atomic E-state index is 12.7. The second kappa shape index (κ2) is 9.34. The summed E-state index contributed by atoms with van der Waals surface area (Å²) >= 11 is 0. The summed E-state index contributed by atoms with van der Waals surface area (Å²) in [5.41, 5.74) is 0. The molecule has 0 radical (unpaired) electrons. The average molecular weight is 385 g/mol. The third-order valence-corrected chi connectivity index (χ3v) is 3.75. The Morgan fingerprint density at radius 1 is 1.15 bits per heavy atom. The van der Waals surface area contributed by atoms with E-state index < -0.39 is 18.6 Å². The van der Waals surface area contributed by atoms with Crippen molar-refractivity contribution < 1.29 is 31.9 Å². The average Bonchev–Trinajstić information content (AvgIpc) is 3.11. The Balaban J connectivity index is 2.04. The SMILES string of the molecule is CCCCN(CC(F)(F)F)C(=O)c1ccc(COc2ccccc2OC)o1. The lowest BCUT2D eigenvalue weighted by atomic mass is 10.3. The molecule has 0 aliphatic carbocycles. The molecule has 5 nitrogen and oxygen atoms in total. The number of carbonyl (C=O) groups excluding carboxylic acids is 1. The third-order valence-electron chi connectivity index (χ3n) is 3.75. The van der Waals surface area contributed by atoms with Crippen molar-refractivity contribution in [3.63, 3.8) is 0 Å². The largest absolute Gasteiger partial charge is 0.493 e. The quantitative estimate of drug-likeness (QED) is 0.629. The molecule has 0 N–H and O–H groups in total. The smallest absolute Gasteiger partial charge is 0.406 e. The van der Waals surface area contributed by atoms with Crippen molar-refractivity contribution in [2.45, 2.75) is 32.5 Å².